The molecule has 1 rings (SSSR count). The Balaban J connectivity index is 3.02. The van der Waals surface area contributed by atoms with Crippen LogP contribution in [0.2, 0.25) is 0 Å². The molecule has 1 amide bonds. The average molecular weight is 220 g/mol. The lowest BCUT2D eigenvalue weighted by Gasteiger charge is -2.15. The van der Waals surface area contributed by atoms with Crippen molar-refractivity contribution in [1.82, 2.24) is 4.90 Å². The second-order valence-electron chi connectivity index (χ2n) is 3.31. The first-order chi connectivity index (χ1) is 7.70. The van der Waals surface area contributed by atoms with Crippen LogP contribution in [0.15, 0.2) is 35.5 Å². The first-order valence-corrected chi connectivity index (χ1v) is 5.12. The van der Waals surface area contributed by atoms with Gasteiger partial charge < -0.3 is 9.74 Å². The summed E-state index contributed by atoms with van der Waals surface area (Å²) in [6.07, 6.45) is 0. The fourth-order valence-electron chi connectivity index (χ4n) is 1.23. The van der Waals surface area contributed by atoms with E-state index in [2.05, 4.69) is 5.16 Å². The molecule has 0 aliphatic heterocycles. The smallest absolute Gasteiger partial charge is 0.276 e. The van der Waals surface area contributed by atoms with E-state index in [1.807, 2.05) is 37.3 Å². The Hall–Kier alpha value is -1.84. The highest BCUT2D eigenvalue weighted by Gasteiger charge is 2.17. The van der Waals surface area contributed by atoms with Gasteiger partial charge in [0, 0.05) is 19.2 Å². The van der Waals surface area contributed by atoms with E-state index in [0.29, 0.717) is 12.3 Å². The van der Waals surface area contributed by atoms with Crippen LogP contribution < -0.4 is 0 Å². The van der Waals surface area contributed by atoms with Gasteiger partial charge in [-0.3, -0.25) is 4.79 Å². The Morgan fingerprint density at radius 2 is 2.00 bits per heavy atom. The molecule has 0 atom stereocenters. The van der Waals surface area contributed by atoms with Crippen molar-refractivity contribution in [3.05, 3.63) is 35.9 Å². The molecule has 0 aromatic heterocycles. The third kappa shape index (κ3) is 2.82. The third-order valence-electron chi connectivity index (χ3n) is 2.25. The van der Waals surface area contributed by atoms with Crippen LogP contribution >= 0.6 is 0 Å². The van der Waals surface area contributed by atoms with Gasteiger partial charge in [-0.25, -0.2) is 0 Å². The Bertz CT molecular complexity index is 374. The zero-order valence-electron chi connectivity index (χ0n) is 9.80. The van der Waals surface area contributed by atoms with Crippen molar-refractivity contribution in [2.24, 2.45) is 5.16 Å². The van der Waals surface area contributed by atoms with Gasteiger partial charge in [-0.2, -0.15) is 0 Å². The van der Waals surface area contributed by atoms with Crippen LogP contribution in [0.3, 0.4) is 0 Å². The molecular weight excluding hydrogens is 204 g/mol. The van der Waals surface area contributed by atoms with Gasteiger partial charge in [-0.1, -0.05) is 35.5 Å². The number of amides is 1. The van der Waals surface area contributed by atoms with Gasteiger partial charge in [-0.05, 0) is 6.92 Å². The molecule has 16 heavy (non-hydrogen) atoms. The van der Waals surface area contributed by atoms with Crippen LogP contribution in [0.25, 0.3) is 0 Å². The van der Waals surface area contributed by atoms with E-state index in [-0.39, 0.29) is 5.91 Å². The number of likely N-dealkylation sites (N-methyl/N-ethyl adjacent to an activating group) is 1. The van der Waals surface area contributed by atoms with E-state index in [9.17, 15) is 4.79 Å². The zero-order valence-corrected chi connectivity index (χ0v) is 9.80. The van der Waals surface area contributed by atoms with Gasteiger partial charge in [-0.15, -0.1) is 0 Å². The zero-order chi connectivity index (χ0) is 12.0. The highest BCUT2D eigenvalue weighted by atomic mass is 16.6. The number of carbonyl (C=O) groups excluding carboxylic acids is 1. The molecule has 0 unspecified atom stereocenters. The van der Waals surface area contributed by atoms with Crippen molar-refractivity contribution in [1.29, 1.82) is 0 Å². The maximum atomic E-state index is 12.0. The quantitative estimate of drug-likeness (QED) is 0.570. The topological polar surface area (TPSA) is 41.9 Å². The molecule has 1 aromatic carbocycles. The minimum Gasteiger partial charge on any atom is -0.398 e. The van der Waals surface area contributed by atoms with E-state index >= 15 is 0 Å². The molecule has 4 nitrogen and oxygen atoms in total. The number of hydrogen-bond acceptors (Lipinski definition) is 3. The number of nitrogens with zero attached hydrogens (tertiary/aromatic N) is 2. The summed E-state index contributed by atoms with van der Waals surface area (Å²) in [5, 5.41) is 3.79. The largest absolute Gasteiger partial charge is 0.398 e. The Kier molecular flexibility index (Phi) is 4.51. The summed E-state index contributed by atoms with van der Waals surface area (Å²) < 4.78 is 0. The standard InChI is InChI=1S/C12H16N2O2/c1-4-14(2)12(15)11(13-16-3)10-8-6-5-7-9-10/h5-9H,4H2,1-3H3. The predicted molar refractivity (Wildman–Crippen MR) is 63.3 cm³/mol. The van der Waals surface area contributed by atoms with E-state index in [4.69, 9.17) is 4.84 Å². The van der Waals surface area contributed by atoms with Crippen LogP contribution in [-0.2, 0) is 9.63 Å². The van der Waals surface area contributed by atoms with Crippen LogP contribution in [0.4, 0.5) is 0 Å². The normalized spacial score (nSPS) is 11.1. The highest BCUT2D eigenvalue weighted by molar-refractivity contribution is 6.45. The molecule has 0 fully saturated rings. The number of rotatable bonds is 4. The van der Waals surface area contributed by atoms with Gasteiger partial charge >= 0.3 is 0 Å². The summed E-state index contributed by atoms with van der Waals surface area (Å²) in [6, 6.07) is 9.28. The van der Waals surface area contributed by atoms with Gasteiger partial charge in [0.2, 0.25) is 0 Å². The van der Waals surface area contributed by atoms with Gasteiger partial charge in [0.05, 0.1) is 0 Å². The van der Waals surface area contributed by atoms with Crippen molar-refractivity contribution >= 4 is 11.6 Å². The fourth-order valence-corrected chi connectivity index (χ4v) is 1.23. The molecule has 86 valence electrons. The summed E-state index contributed by atoms with van der Waals surface area (Å²) in [7, 11) is 3.17. The summed E-state index contributed by atoms with van der Waals surface area (Å²) >= 11 is 0. The van der Waals surface area contributed by atoms with Crippen molar-refractivity contribution in [3.63, 3.8) is 0 Å². The van der Waals surface area contributed by atoms with Crippen molar-refractivity contribution < 1.29 is 9.63 Å². The number of oxime groups is 1. The third-order valence-corrected chi connectivity index (χ3v) is 2.25. The fraction of sp³-hybridized carbons (Fsp3) is 0.333. The van der Waals surface area contributed by atoms with Crippen LogP contribution in [0, 0.1) is 0 Å². The number of hydrogen-bond donors (Lipinski definition) is 0. The number of benzene rings is 1. The van der Waals surface area contributed by atoms with E-state index < -0.39 is 0 Å². The molecule has 0 saturated heterocycles. The van der Waals surface area contributed by atoms with Crippen LogP contribution in [0.5, 0.6) is 0 Å². The van der Waals surface area contributed by atoms with Crippen molar-refractivity contribution in [2.75, 3.05) is 20.7 Å². The molecule has 0 radical (unpaired) electrons. The Labute approximate surface area is 95.5 Å². The summed E-state index contributed by atoms with van der Waals surface area (Å²) in [6.45, 7) is 2.54. The molecule has 0 spiro atoms. The van der Waals surface area contributed by atoms with Gasteiger partial charge in [0.15, 0.2) is 5.71 Å². The SMILES string of the molecule is CCN(C)C(=O)C(=NOC)c1ccccc1. The Morgan fingerprint density at radius 1 is 1.38 bits per heavy atom. The summed E-state index contributed by atoms with van der Waals surface area (Å²) in [5.41, 5.74) is 1.09. The van der Waals surface area contributed by atoms with E-state index in [1.54, 1.807) is 11.9 Å². The molecule has 0 aliphatic rings. The Morgan fingerprint density at radius 3 is 2.50 bits per heavy atom. The first kappa shape index (κ1) is 12.2. The molecule has 0 aliphatic carbocycles. The molecular formula is C12H16N2O2. The molecule has 0 bridgehead atoms. The average Bonchev–Trinajstić information content (AvgIpc) is 2.35. The van der Waals surface area contributed by atoms with Crippen molar-refractivity contribution in [2.45, 2.75) is 6.92 Å². The lowest BCUT2D eigenvalue weighted by molar-refractivity contribution is -0.122. The highest BCUT2D eigenvalue weighted by Crippen LogP contribution is 2.04. The number of carbonyl (C=O) groups is 1. The second kappa shape index (κ2) is 5.90. The second-order valence-corrected chi connectivity index (χ2v) is 3.31. The van der Waals surface area contributed by atoms with Crippen LogP contribution in [-0.4, -0.2) is 37.2 Å². The summed E-state index contributed by atoms with van der Waals surface area (Å²) in [5.74, 6) is -0.143. The minimum absolute atomic E-state index is 0.143. The lowest BCUT2D eigenvalue weighted by Crippen LogP contribution is -2.33. The van der Waals surface area contributed by atoms with Crippen molar-refractivity contribution in [3.8, 4) is 0 Å². The molecule has 1 aromatic rings. The van der Waals surface area contributed by atoms with E-state index in [1.165, 1.54) is 7.11 Å². The van der Waals surface area contributed by atoms with Gasteiger partial charge in [0.25, 0.3) is 5.91 Å². The minimum atomic E-state index is -0.143. The van der Waals surface area contributed by atoms with E-state index in [0.717, 1.165) is 5.56 Å². The first-order valence-electron chi connectivity index (χ1n) is 5.12. The maximum Gasteiger partial charge on any atom is 0.276 e. The van der Waals surface area contributed by atoms with Crippen LogP contribution in [0.1, 0.15) is 12.5 Å². The predicted octanol–water partition coefficient (Wildman–Crippen LogP) is 1.52. The molecule has 0 N–H and O–H groups in total. The molecule has 0 saturated carbocycles. The molecule has 4 heteroatoms. The lowest BCUT2D eigenvalue weighted by atomic mass is 10.1. The summed E-state index contributed by atoms with van der Waals surface area (Å²) in [4.78, 5) is 18.3. The maximum absolute atomic E-state index is 12.0. The monoisotopic (exact) mass is 220 g/mol. The molecule has 0 heterocycles. The van der Waals surface area contributed by atoms with Gasteiger partial charge in [0.1, 0.15) is 7.11 Å².